The lowest BCUT2D eigenvalue weighted by Crippen LogP contribution is -2.40. The lowest BCUT2D eigenvalue weighted by molar-refractivity contribution is 0.185. The van der Waals surface area contributed by atoms with Crippen molar-refractivity contribution in [1.29, 1.82) is 0 Å². The fraction of sp³-hybridized carbons (Fsp3) is 1.00. The number of likely N-dealkylation sites (tertiary alicyclic amines) is 1. The number of hydrogen-bond donors (Lipinski definition) is 0. The minimum atomic E-state index is 0.807. The Morgan fingerprint density at radius 1 is 1.44 bits per heavy atom. The lowest BCUT2D eigenvalue weighted by Gasteiger charge is -2.29. The highest BCUT2D eigenvalue weighted by Gasteiger charge is 2.24. The normalized spacial score (nSPS) is 24.2. The third-order valence-corrected chi connectivity index (χ3v) is 4.71. The molecule has 1 rings (SSSR count). The maximum atomic E-state index is 3.61. The van der Waals surface area contributed by atoms with Gasteiger partial charge in [-0.25, -0.2) is 0 Å². The number of alkyl halides is 1. The Balaban J connectivity index is 2.29. The first-order valence-corrected chi connectivity index (χ1v) is 7.81. The standard InChI is InChI=1S/C13H27BrN2/c1-4-12(9-14)10-15(3)11-13-7-6-8-16(13)5-2/h12-13H,4-11H2,1-3H3. The molecule has 2 unspecified atom stereocenters. The first-order valence-electron chi connectivity index (χ1n) is 6.69. The van der Waals surface area contributed by atoms with Crippen LogP contribution in [0.15, 0.2) is 0 Å². The molecule has 1 fully saturated rings. The molecule has 2 nitrogen and oxygen atoms in total. The van der Waals surface area contributed by atoms with E-state index in [1.165, 1.54) is 45.4 Å². The van der Waals surface area contributed by atoms with Gasteiger partial charge in [-0.3, -0.25) is 4.90 Å². The third-order valence-electron chi connectivity index (χ3n) is 3.79. The molecule has 0 aromatic rings. The van der Waals surface area contributed by atoms with Gasteiger partial charge in [0.2, 0.25) is 0 Å². The molecule has 0 aromatic carbocycles. The van der Waals surface area contributed by atoms with Crippen LogP contribution in [0.3, 0.4) is 0 Å². The van der Waals surface area contributed by atoms with Gasteiger partial charge in [0.25, 0.3) is 0 Å². The highest BCUT2D eigenvalue weighted by molar-refractivity contribution is 9.09. The van der Waals surface area contributed by atoms with Gasteiger partial charge in [-0.05, 0) is 38.9 Å². The zero-order valence-electron chi connectivity index (χ0n) is 11.1. The van der Waals surface area contributed by atoms with Crippen LogP contribution in [0.5, 0.6) is 0 Å². The Morgan fingerprint density at radius 2 is 2.19 bits per heavy atom. The number of likely N-dealkylation sites (N-methyl/N-ethyl adjacent to an activating group) is 2. The summed E-state index contributed by atoms with van der Waals surface area (Å²) < 4.78 is 0. The minimum Gasteiger partial charge on any atom is -0.305 e. The van der Waals surface area contributed by atoms with Crippen molar-refractivity contribution < 1.29 is 0 Å². The van der Waals surface area contributed by atoms with E-state index in [0.29, 0.717) is 0 Å². The highest BCUT2D eigenvalue weighted by Crippen LogP contribution is 2.18. The van der Waals surface area contributed by atoms with Crippen LogP contribution in [-0.4, -0.2) is 54.4 Å². The molecule has 1 heterocycles. The predicted molar refractivity (Wildman–Crippen MR) is 75.3 cm³/mol. The summed E-state index contributed by atoms with van der Waals surface area (Å²) in [4.78, 5) is 5.15. The summed E-state index contributed by atoms with van der Waals surface area (Å²) in [5.41, 5.74) is 0. The van der Waals surface area contributed by atoms with Crippen LogP contribution in [0.25, 0.3) is 0 Å². The molecule has 0 bridgehead atoms. The van der Waals surface area contributed by atoms with Crippen molar-refractivity contribution in [3.8, 4) is 0 Å². The average molecular weight is 291 g/mol. The van der Waals surface area contributed by atoms with Gasteiger partial charge in [0.05, 0.1) is 0 Å². The molecule has 0 aromatic heterocycles. The third kappa shape index (κ3) is 4.34. The molecular weight excluding hydrogens is 264 g/mol. The molecule has 2 atom stereocenters. The SMILES string of the molecule is CCC(CBr)CN(C)CC1CCCN1CC. The molecule has 0 spiro atoms. The van der Waals surface area contributed by atoms with E-state index in [4.69, 9.17) is 0 Å². The summed E-state index contributed by atoms with van der Waals surface area (Å²) in [6, 6.07) is 0.808. The first-order chi connectivity index (χ1) is 7.71. The van der Waals surface area contributed by atoms with E-state index in [1.807, 2.05) is 0 Å². The first kappa shape index (κ1) is 14.5. The molecular formula is C13H27BrN2. The van der Waals surface area contributed by atoms with Gasteiger partial charge in [-0.1, -0.05) is 36.2 Å². The van der Waals surface area contributed by atoms with Crippen LogP contribution < -0.4 is 0 Å². The van der Waals surface area contributed by atoms with Crippen molar-refractivity contribution in [2.24, 2.45) is 5.92 Å². The lowest BCUT2D eigenvalue weighted by atomic mass is 10.1. The molecule has 0 N–H and O–H groups in total. The zero-order chi connectivity index (χ0) is 12.0. The van der Waals surface area contributed by atoms with E-state index in [0.717, 1.165) is 17.3 Å². The smallest absolute Gasteiger partial charge is 0.0223 e. The molecule has 0 aliphatic carbocycles. The monoisotopic (exact) mass is 290 g/mol. The van der Waals surface area contributed by atoms with Crippen LogP contribution in [0.2, 0.25) is 0 Å². The molecule has 1 aliphatic rings. The Morgan fingerprint density at radius 3 is 2.75 bits per heavy atom. The van der Waals surface area contributed by atoms with Crippen LogP contribution in [-0.2, 0) is 0 Å². The maximum Gasteiger partial charge on any atom is 0.0223 e. The Kier molecular flexibility index (Phi) is 6.94. The quantitative estimate of drug-likeness (QED) is 0.666. The van der Waals surface area contributed by atoms with Crippen molar-refractivity contribution in [3.63, 3.8) is 0 Å². The second-order valence-corrected chi connectivity index (χ2v) is 5.72. The number of rotatable bonds is 7. The maximum absolute atomic E-state index is 3.61. The summed E-state index contributed by atoms with van der Waals surface area (Å²) in [6.45, 7) is 9.57. The molecule has 3 heteroatoms. The van der Waals surface area contributed by atoms with Crippen LogP contribution >= 0.6 is 15.9 Å². The molecule has 96 valence electrons. The van der Waals surface area contributed by atoms with E-state index in [9.17, 15) is 0 Å². The van der Waals surface area contributed by atoms with Gasteiger partial charge in [0.15, 0.2) is 0 Å². The topological polar surface area (TPSA) is 6.48 Å². The van der Waals surface area contributed by atoms with Crippen LogP contribution in [0, 0.1) is 5.92 Å². The Bertz CT molecular complexity index is 183. The molecule has 0 radical (unpaired) electrons. The second kappa shape index (κ2) is 7.67. The molecule has 1 aliphatic heterocycles. The van der Waals surface area contributed by atoms with E-state index < -0.39 is 0 Å². The second-order valence-electron chi connectivity index (χ2n) is 5.07. The van der Waals surface area contributed by atoms with Crippen LogP contribution in [0.4, 0.5) is 0 Å². The number of nitrogens with zero attached hydrogens (tertiary/aromatic N) is 2. The van der Waals surface area contributed by atoms with Crippen molar-refractivity contribution in [2.45, 2.75) is 39.2 Å². The van der Waals surface area contributed by atoms with E-state index in [1.54, 1.807) is 0 Å². The number of halogens is 1. The van der Waals surface area contributed by atoms with Crippen LogP contribution in [0.1, 0.15) is 33.1 Å². The van der Waals surface area contributed by atoms with Gasteiger partial charge in [-0.15, -0.1) is 0 Å². The van der Waals surface area contributed by atoms with Crippen molar-refractivity contribution in [1.82, 2.24) is 9.80 Å². The number of hydrogen-bond acceptors (Lipinski definition) is 2. The average Bonchev–Trinajstić information content (AvgIpc) is 2.73. The summed E-state index contributed by atoms with van der Waals surface area (Å²) in [6.07, 6.45) is 4.06. The fourth-order valence-electron chi connectivity index (χ4n) is 2.68. The van der Waals surface area contributed by atoms with Crippen molar-refractivity contribution >= 4 is 15.9 Å². The Hall–Kier alpha value is 0.400. The van der Waals surface area contributed by atoms with Crippen molar-refractivity contribution in [2.75, 3.05) is 38.6 Å². The van der Waals surface area contributed by atoms with E-state index >= 15 is 0 Å². The molecule has 16 heavy (non-hydrogen) atoms. The van der Waals surface area contributed by atoms with Gasteiger partial charge in [0, 0.05) is 24.5 Å². The van der Waals surface area contributed by atoms with E-state index in [2.05, 4.69) is 46.6 Å². The molecule has 1 saturated heterocycles. The largest absolute Gasteiger partial charge is 0.305 e. The summed E-state index contributed by atoms with van der Waals surface area (Å²) in [5.74, 6) is 0.807. The predicted octanol–water partition coefficient (Wildman–Crippen LogP) is 2.82. The van der Waals surface area contributed by atoms with Gasteiger partial charge in [0.1, 0.15) is 0 Å². The Labute approximate surface area is 109 Å². The molecule has 0 saturated carbocycles. The highest BCUT2D eigenvalue weighted by atomic mass is 79.9. The summed E-state index contributed by atoms with van der Waals surface area (Å²) in [5, 5.41) is 1.13. The fourth-order valence-corrected chi connectivity index (χ4v) is 3.34. The van der Waals surface area contributed by atoms with Gasteiger partial charge < -0.3 is 4.90 Å². The van der Waals surface area contributed by atoms with Gasteiger partial charge >= 0.3 is 0 Å². The minimum absolute atomic E-state index is 0.807. The van der Waals surface area contributed by atoms with Crippen molar-refractivity contribution in [3.05, 3.63) is 0 Å². The van der Waals surface area contributed by atoms with E-state index in [-0.39, 0.29) is 0 Å². The summed E-state index contributed by atoms with van der Waals surface area (Å²) in [7, 11) is 2.28. The van der Waals surface area contributed by atoms with Gasteiger partial charge in [-0.2, -0.15) is 0 Å². The molecule has 0 amide bonds. The summed E-state index contributed by atoms with van der Waals surface area (Å²) >= 11 is 3.61. The zero-order valence-corrected chi connectivity index (χ0v) is 12.7.